The number of amides is 1. The minimum absolute atomic E-state index is 0.169. The average Bonchev–Trinajstić information content (AvgIpc) is 2.66. The summed E-state index contributed by atoms with van der Waals surface area (Å²) in [6.45, 7) is 2.50. The Kier molecular flexibility index (Phi) is 5.92. The van der Waals surface area contributed by atoms with Gasteiger partial charge in [-0.05, 0) is 77.5 Å². The quantitative estimate of drug-likeness (QED) is 0.536. The number of rotatable bonds is 6. The number of nitrogens with one attached hydrogen (secondary N) is 2. The number of benzene rings is 3. The zero-order valence-electron chi connectivity index (χ0n) is 14.3. The Balaban J connectivity index is 1.65. The molecule has 0 saturated heterocycles. The van der Waals surface area contributed by atoms with Gasteiger partial charge in [-0.3, -0.25) is 4.79 Å². The van der Waals surface area contributed by atoms with Crippen LogP contribution >= 0.6 is 15.9 Å². The molecule has 0 unspecified atom stereocenters. The van der Waals surface area contributed by atoms with Crippen LogP contribution in [0.4, 0.5) is 17.1 Å². The van der Waals surface area contributed by atoms with E-state index in [1.807, 2.05) is 61.5 Å². The highest BCUT2D eigenvalue weighted by atomic mass is 79.9. The van der Waals surface area contributed by atoms with Gasteiger partial charge in [0.25, 0.3) is 5.91 Å². The number of anilines is 3. The molecule has 3 rings (SSSR count). The van der Waals surface area contributed by atoms with Gasteiger partial charge in [0, 0.05) is 22.6 Å². The van der Waals surface area contributed by atoms with E-state index < -0.39 is 0 Å². The monoisotopic (exact) mass is 410 g/mol. The Hall–Kier alpha value is -2.79. The summed E-state index contributed by atoms with van der Waals surface area (Å²) >= 11 is 3.43. The molecule has 2 N–H and O–H groups in total. The number of carbonyl (C=O) groups excluding carboxylic acids is 1. The fourth-order valence-corrected chi connectivity index (χ4v) is 2.94. The zero-order chi connectivity index (χ0) is 18.4. The van der Waals surface area contributed by atoms with Crippen molar-refractivity contribution in [3.05, 3.63) is 82.8 Å². The second-order valence-corrected chi connectivity index (χ2v) is 6.46. The Morgan fingerprint density at radius 3 is 2.23 bits per heavy atom. The molecule has 132 valence electrons. The summed E-state index contributed by atoms with van der Waals surface area (Å²) in [4.78, 5) is 12.4. The smallest absolute Gasteiger partial charge is 0.255 e. The van der Waals surface area contributed by atoms with Gasteiger partial charge in [-0.1, -0.05) is 18.2 Å². The largest absolute Gasteiger partial charge is 0.493 e. The van der Waals surface area contributed by atoms with Crippen molar-refractivity contribution in [2.45, 2.75) is 6.92 Å². The molecule has 3 aromatic carbocycles. The summed E-state index contributed by atoms with van der Waals surface area (Å²) < 4.78 is 6.22. The maximum absolute atomic E-state index is 12.4. The Morgan fingerprint density at radius 2 is 1.58 bits per heavy atom. The van der Waals surface area contributed by atoms with E-state index in [1.54, 1.807) is 18.2 Å². The summed E-state index contributed by atoms with van der Waals surface area (Å²) in [5.74, 6) is 0.554. The second kappa shape index (κ2) is 8.54. The van der Waals surface area contributed by atoms with Crippen LogP contribution in [0.3, 0.4) is 0 Å². The number of carbonyl (C=O) groups is 1. The Labute approximate surface area is 161 Å². The molecule has 0 heterocycles. The highest BCUT2D eigenvalue weighted by Crippen LogP contribution is 2.26. The third-order valence-electron chi connectivity index (χ3n) is 3.70. The molecule has 0 radical (unpaired) electrons. The van der Waals surface area contributed by atoms with Crippen molar-refractivity contribution in [3.8, 4) is 5.75 Å². The van der Waals surface area contributed by atoms with E-state index in [0.29, 0.717) is 12.2 Å². The first kappa shape index (κ1) is 18.0. The van der Waals surface area contributed by atoms with Gasteiger partial charge in [0.05, 0.1) is 11.1 Å². The standard InChI is InChI=1S/C21H19BrN2O2/c1-2-26-20-13-8-15(14-19(20)22)21(25)24-18-11-9-17(10-12-18)23-16-6-4-3-5-7-16/h3-14,23H,2H2,1H3,(H,24,25). The van der Waals surface area contributed by atoms with Gasteiger partial charge in [0.2, 0.25) is 0 Å². The fraction of sp³-hybridized carbons (Fsp3) is 0.0952. The van der Waals surface area contributed by atoms with E-state index in [0.717, 1.165) is 27.3 Å². The van der Waals surface area contributed by atoms with Crippen molar-refractivity contribution in [1.82, 2.24) is 0 Å². The Bertz CT molecular complexity index is 880. The maximum atomic E-state index is 12.4. The molecule has 4 nitrogen and oxygen atoms in total. The molecule has 0 aliphatic carbocycles. The van der Waals surface area contributed by atoms with Gasteiger partial charge >= 0.3 is 0 Å². The van der Waals surface area contributed by atoms with Crippen molar-refractivity contribution >= 4 is 38.9 Å². The molecule has 0 aliphatic heterocycles. The van der Waals surface area contributed by atoms with Gasteiger partial charge in [0.1, 0.15) is 5.75 Å². The number of hydrogen-bond donors (Lipinski definition) is 2. The molecule has 0 aliphatic rings. The fourth-order valence-electron chi connectivity index (χ4n) is 2.44. The highest BCUT2D eigenvalue weighted by Gasteiger charge is 2.09. The summed E-state index contributed by atoms with van der Waals surface area (Å²) in [6, 6.07) is 22.8. The molecule has 1 amide bonds. The SMILES string of the molecule is CCOc1ccc(C(=O)Nc2ccc(Nc3ccccc3)cc2)cc1Br. The van der Waals surface area contributed by atoms with E-state index in [1.165, 1.54) is 0 Å². The van der Waals surface area contributed by atoms with Gasteiger partial charge in [-0.2, -0.15) is 0 Å². The average molecular weight is 411 g/mol. The van der Waals surface area contributed by atoms with Crippen LogP contribution in [0, 0.1) is 0 Å². The molecule has 0 fully saturated rings. The van der Waals surface area contributed by atoms with Crippen molar-refractivity contribution in [3.63, 3.8) is 0 Å². The molecule has 5 heteroatoms. The first-order valence-corrected chi connectivity index (χ1v) is 9.11. The van der Waals surface area contributed by atoms with Crippen molar-refractivity contribution in [2.75, 3.05) is 17.2 Å². The first-order valence-electron chi connectivity index (χ1n) is 8.31. The van der Waals surface area contributed by atoms with E-state index in [4.69, 9.17) is 4.74 Å². The predicted molar refractivity (Wildman–Crippen MR) is 109 cm³/mol. The molecule has 26 heavy (non-hydrogen) atoms. The van der Waals surface area contributed by atoms with Crippen LogP contribution in [0.15, 0.2) is 77.3 Å². The maximum Gasteiger partial charge on any atom is 0.255 e. The van der Waals surface area contributed by atoms with Crippen LogP contribution in [-0.2, 0) is 0 Å². The molecule has 3 aromatic rings. The minimum Gasteiger partial charge on any atom is -0.493 e. The summed E-state index contributed by atoms with van der Waals surface area (Å²) in [5, 5.41) is 6.21. The van der Waals surface area contributed by atoms with Crippen LogP contribution < -0.4 is 15.4 Å². The van der Waals surface area contributed by atoms with E-state index in [9.17, 15) is 4.79 Å². The lowest BCUT2D eigenvalue weighted by atomic mass is 10.2. The number of ether oxygens (including phenoxy) is 1. The topological polar surface area (TPSA) is 50.4 Å². The molecular formula is C21H19BrN2O2. The van der Waals surface area contributed by atoms with Crippen LogP contribution in [0.1, 0.15) is 17.3 Å². The van der Waals surface area contributed by atoms with E-state index >= 15 is 0 Å². The van der Waals surface area contributed by atoms with E-state index in [-0.39, 0.29) is 5.91 Å². The van der Waals surface area contributed by atoms with Crippen LogP contribution in [0.5, 0.6) is 5.75 Å². The lowest BCUT2D eigenvalue weighted by Crippen LogP contribution is -2.12. The number of halogens is 1. The van der Waals surface area contributed by atoms with Gasteiger partial charge in [0.15, 0.2) is 0 Å². The van der Waals surface area contributed by atoms with Gasteiger partial charge < -0.3 is 15.4 Å². The third kappa shape index (κ3) is 4.64. The first-order chi connectivity index (χ1) is 12.7. The van der Waals surface area contributed by atoms with Crippen LogP contribution in [0.2, 0.25) is 0 Å². The molecule has 0 spiro atoms. The second-order valence-electron chi connectivity index (χ2n) is 5.60. The zero-order valence-corrected chi connectivity index (χ0v) is 15.9. The Morgan fingerprint density at radius 1 is 0.923 bits per heavy atom. The van der Waals surface area contributed by atoms with Crippen molar-refractivity contribution in [2.24, 2.45) is 0 Å². The predicted octanol–water partition coefficient (Wildman–Crippen LogP) is 5.84. The third-order valence-corrected chi connectivity index (χ3v) is 4.32. The molecule has 0 aromatic heterocycles. The summed E-state index contributed by atoms with van der Waals surface area (Å²) in [6.07, 6.45) is 0. The van der Waals surface area contributed by atoms with Crippen LogP contribution in [0.25, 0.3) is 0 Å². The highest BCUT2D eigenvalue weighted by molar-refractivity contribution is 9.10. The molecule has 0 saturated carbocycles. The van der Waals surface area contributed by atoms with Gasteiger partial charge in [-0.15, -0.1) is 0 Å². The number of hydrogen-bond acceptors (Lipinski definition) is 3. The summed E-state index contributed by atoms with van der Waals surface area (Å²) in [7, 11) is 0. The lowest BCUT2D eigenvalue weighted by Gasteiger charge is -2.10. The van der Waals surface area contributed by atoms with E-state index in [2.05, 4.69) is 26.6 Å². The van der Waals surface area contributed by atoms with Crippen molar-refractivity contribution in [1.29, 1.82) is 0 Å². The van der Waals surface area contributed by atoms with Crippen LogP contribution in [-0.4, -0.2) is 12.5 Å². The normalized spacial score (nSPS) is 10.2. The molecule has 0 atom stereocenters. The molecule has 0 bridgehead atoms. The molecular weight excluding hydrogens is 392 g/mol. The lowest BCUT2D eigenvalue weighted by molar-refractivity contribution is 0.102. The van der Waals surface area contributed by atoms with Crippen molar-refractivity contribution < 1.29 is 9.53 Å². The van der Waals surface area contributed by atoms with Gasteiger partial charge in [-0.25, -0.2) is 0 Å². The summed E-state index contributed by atoms with van der Waals surface area (Å²) in [5.41, 5.74) is 3.27. The minimum atomic E-state index is -0.169. The number of para-hydroxylation sites is 1.